The van der Waals surface area contributed by atoms with E-state index in [1.165, 1.54) is 16.8 Å². The van der Waals surface area contributed by atoms with Crippen molar-refractivity contribution >= 4 is 11.9 Å². The van der Waals surface area contributed by atoms with Gasteiger partial charge in [-0.05, 0) is 24.5 Å². The summed E-state index contributed by atoms with van der Waals surface area (Å²) in [6.45, 7) is 5.01. The van der Waals surface area contributed by atoms with Crippen LogP contribution in [0, 0.1) is 12.8 Å². The molecule has 6 heteroatoms. The van der Waals surface area contributed by atoms with E-state index >= 15 is 0 Å². The lowest BCUT2D eigenvalue weighted by molar-refractivity contribution is -0.143. The standard InChI is InChI=1S/C13H18N2O4/c1-8(2)12(13(18)19)14-10(16)7-15-5-4-9(3)6-11(15)17/h4-6,8,12H,7H2,1-3H3,(H,14,16)(H,18,19)/t12-/m0/s1. The van der Waals surface area contributed by atoms with Gasteiger partial charge < -0.3 is 15.0 Å². The highest BCUT2D eigenvalue weighted by Crippen LogP contribution is 2.01. The van der Waals surface area contributed by atoms with Crippen molar-refractivity contribution in [3.05, 3.63) is 34.2 Å². The average molecular weight is 266 g/mol. The Kier molecular flexibility index (Phi) is 4.86. The van der Waals surface area contributed by atoms with Crippen molar-refractivity contribution in [3.8, 4) is 0 Å². The molecule has 6 nitrogen and oxygen atoms in total. The van der Waals surface area contributed by atoms with Gasteiger partial charge in [-0.3, -0.25) is 9.59 Å². The van der Waals surface area contributed by atoms with Crippen LogP contribution in [0.3, 0.4) is 0 Å². The molecular weight excluding hydrogens is 248 g/mol. The van der Waals surface area contributed by atoms with E-state index in [1.54, 1.807) is 26.8 Å². The zero-order valence-electron chi connectivity index (χ0n) is 11.2. The molecule has 19 heavy (non-hydrogen) atoms. The number of carbonyl (C=O) groups is 2. The second-order valence-corrected chi connectivity index (χ2v) is 4.80. The van der Waals surface area contributed by atoms with Crippen LogP contribution in [0.15, 0.2) is 23.1 Å². The van der Waals surface area contributed by atoms with Crippen LogP contribution in [0.4, 0.5) is 0 Å². The number of carboxylic acid groups (broad SMARTS) is 1. The number of hydrogen-bond donors (Lipinski definition) is 2. The van der Waals surface area contributed by atoms with Gasteiger partial charge in [0, 0.05) is 12.3 Å². The molecule has 0 saturated carbocycles. The highest BCUT2D eigenvalue weighted by molar-refractivity contribution is 5.83. The van der Waals surface area contributed by atoms with Crippen molar-refractivity contribution in [1.82, 2.24) is 9.88 Å². The Morgan fingerprint density at radius 2 is 2.05 bits per heavy atom. The fraction of sp³-hybridized carbons (Fsp3) is 0.462. The lowest BCUT2D eigenvalue weighted by atomic mass is 10.1. The topological polar surface area (TPSA) is 88.4 Å². The van der Waals surface area contributed by atoms with Gasteiger partial charge in [-0.2, -0.15) is 0 Å². The summed E-state index contributed by atoms with van der Waals surface area (Å²) in [5, 5.41) is 11.4. The first-order chi connectivity index (χ1) is 8.81. The van der Waals surface area contributed by atoms with Crippen molar-refractivity contribution in [2.24, 2.45) is 5.92 Å². The van der Waals surface area contributed by atoms with Gasteiger partial charge in [0.15, 0.2) is 0 Å². The molecule has 1 atom stereocenters. The average Bonchev–Trinajstić information content (AvgIpc) is 2.29. The Labute approximate surface area is 111 Å². The van der Waals surface area contributed by atoms with Crippen LogP contribution < -0.4 is 10.9 Å². The van der Waals surface area contributed by atoms with Crippen LogP contribution in [-0.4, -0.2) is 27.6 Å². The van der Waals surface area contributed by atoms with Gasteiger partial charge in [0.05, 0.1) is 0 Å². The van der Waals surface area contributed by atoms with Crippen LogP contribution in [0.25, 0.3) is 0 Å². The second kappa shape index (κ2) is 6.17. The molecule has 0 unspecified atom stereocenters. The molecule has 0 radical (unpaired) electrons. The third-order valence-electron chi connectivity index (χ3n) is 2.71. The summed E-state index contributed by atoms with van der Waals surface area (Å²) in [6.07, 6.45) is 1.52. The minimum Gasteiger partial charge on any atom is -0.480 e. The van der Waals surface area contributed by atoms with Gasteiger partial charge >= 0.3 is 5.97 Å². The summed E-state index contributed by atoms with van der Waals surface area (Å²) in [7, 11) is 0. The van der Waals surface area contributed by atoms with E-state index in [4.69, 9.17) is 5.11 Å². The molecule has 0 aliphatic heterocycles. The molecule has 1 heterocycles. The van der Waals surface area contributed by atoms with E-state index in [0.717, 1.165) is 5.56 Å². The Balaban J connectivity index is 2.75. The van der Waals surface area contributed by atoms with Crippen LogP contribution >= 0.6 is 0 Å². The number of carboxylic acids is 1. The van der Waals surface area contributed by atoms with Crippen molar-refractivity contribution in [3.63, 3.8) is 0 Å². The first-order valence-corrected chi connectivity index (χ1v) is 6.00. The lowest BCUT2D eigenvalue weighted by Crippen LogP contribution is -2.46. The minimum atomic E-state index is -1.08. The number of aromatic nitrogens is 1. The Morgan fingerprint density at radius 3 is 2.53 bits per heavy atom. The molecule has 1 aromatic rings. The summed E-state index contributed by atoms with van der Waals surface area (Å²) in [4.78, 5) is 34.3. The van der Waals surface area contributed by atoms with Crippen LogP contribution in [0.5, 0.6) is 0 Å². The molecule has 0 saturated heterocycles. The third kappa shape index (κ3) is 4.24. The van der Waals surface area contributed by atoms with Gasteiger partial charge in [0.25, 0.3) is 5.56 Å². The van der Waals surface area contributed by atoms with E-state index < -0.39 is 17.9 Å². The minimum absolute atomic E-state index is 0.185. The highest BCUT2D eigenvalue weighted by atomic mass is 16.4. The number of aryl methyl sites for hydroxylation is 1. The molecule has 0 aromatic carbocycles. The molecule has 2 N–H and O–H groups in total. The zero-order valence-corrected chi connectivity index (χ0v) is 11.2. The SMILES string of the molecule is Cc1ccn(CC(=O)N[C@H](C(=O)O)C(C)C)c(=O)c1. The van der Waals surface area contributed by atoms with Gasteiger partial charge in [-0.25, -0.2) is 4.79 Å². The molecule has 1 amide bonds. The number of hydrogen-bond acceptors (Lipinski definition) is 3. The number of carbonyl (C=O) groups excluding carboxylic acids is 1. The van der Waals surface area contributed by atoms with E-state index in [0.29, 0.717) is 0 Å². The largest absolute Gasteiger partial charge is 0.480 e. The quantitative estimate of drug-likeness (QED) is 0.806. The summed E-state index contributed by atoms with van der Waals surface area (Å²) in [5.74, 6) is -1.80. The molecule has 0 fully saturated rings. The normalized spacial score (nSPS) is 12.2. The Morgan fingerprint density at radius 1 is 1.42 bits per heavy atom. The molecular formula is C13H18N2O4. The molecule has 1 aromatic heterocycles. The van der Waals surface area contributed by atoms with Crippen molar-refractivity contribution in [2.45, 2.75) is 33.4 Å². The predicted octanol–water partition coefficient (Wildman–Crippen LogP) is 0.382. The number of nitrogens with zero attached hydrogens (tertiary/aromatic N) is 1. The molecule has 0 aliphatic rings. The third-order valence-corrected chi connectivity index (χ3v) is 2.71. The Hall–Kier alpha value is -2.11. The first-order valence-electron chi connectivity index (χ1n) is 6.00. The smallest absolute Gasteiger partial charge is 0.326 e. The van der Waals surface area contributed by atoms with Crippen LogP contribution in [-0.2, 0) is 16.1 Å². The molecule has 0 bridgehead atoms. The molecule has 1 rings (SSSR count). The highest BCUT2D eigenvalue weighted by Gasteiger charge is 2.23. The summed E-state index contributed by atoms with van der Waals surface area (Å²) >= 11 is 0. The summed E-state index contributed by atoms with van der Waals surface area (Å²) in [5.41, 5.74) is 0.527. The maximum atomic E-state index is 11.7. The van der Waals surface area contributed by atoms with Crippen molar-refractivity contribution in [1.29, 1.82) is 0 Å². The fourth-order valence-corrected chi connectivity index (χ4v) is 1.62. The number of rotatable bonds is 5. The first kappa shape index (κ1) is 14.9. The lowest BCUT2D eigenvalue weighted by Gasteiger charge is -2.18. The summed E-state index contributed by atoms with van der Waals surface area (Å²) < 4.78 is 1.24. The number of aliphatic carboxylic acids is 1. The predicted molar refractivity (Wildman–Crippen MR) is 69.8 cm³/mol. The van der Waals surface area contributed by atoms with Crippen LogP contribution in [0.1, 0.15) is 19.4 Å². The van der Waals surface area contributed by atoms with Crippen molar-refractivity contribution < 1.29 is 14.7 Å². The van der Waals surface area contributed by atoms with Gasteiger partial charge in [-0.15, -0.1) is 0 Å². The van der Waals surface area contributed by atoms with E-state index in [1.807, 2.05) is 0 Å². The maximum Gasteiger partial charge on any atom is 0.326 e. The monoisotopic (exact) mass is 266 g/mol. The zero-order chi connectivity index (χ0) is 14.6. The van der Waals surface area contributed by atoms with E-state index in [9.17, 15) is 14.4 Å². The molecule has 0 spiro atoms. The molecule has 0 aliphatic carbocycles. The van der Waals surface area contributed by atoms with Crippen molar-refractivity contribution in [2.75, 3.05) is 0 Å². The fourth-order valence-electron chi connectivity index (χ4n) is 1.62. The van der Waals surface area contributed by atoms with Gasteiger partial charge in [0.2, 0.25) is 5.91 Å². The van der Waals surface area contributed by atoms with E-state index in [-0.39, 0.29) is 18.0 Å². The summed E-state index contributed by atoms with van der Waals surface area (Å²) in [6, 6.07) is 2.18. The van der Waals surface area contributed by atoms with Gasteiger partial charge in [0.1, 0.15) is 12.6 Å². The van der Waals surface area contributed by atoms with Crippen LogP contribution in [0.2, 0.25) is 0 Å². The molecule has 104 valence electrons. The number of nitrogens with one attached hydrogen (secondary N) is 1. The maximum absolute atomic E-state index is 11.7. The number of pyridine rings is 1. The second-order valence-electron chi connectivity index (χ2n) is 4.80. The van der Waals surface area contributed by atoms with E-state index in [2.05, 4.69) is 5.32 Å². The Bertz CT molecular complexity index is 534. The van der Waals surface area contributed by atoms with Gasteiger partial charge in [-0.1, -0.05) is 13.8 Å². The number of amides is 1.